The van der Waals surface area contributed by atoms with Crippen LogP contribution in [0, 0.1) is 0 Å². The SMILES string of the molecule is C=CCN(c1cc(CN)c2ccccc2n1)C1CC1. The molecule has 3 rings (SSSR count). The minimum absolute atomic E-state index is 0.544. The molecule has 1 aliphatic rings. The fourth-order valence-corrected chi connectivity index (χ4v) is 2.50. The zero-order valence-corrected chi connectivity index (χ0v) is 11.0. The average Bonchev–Trinajstić information content (AvgIpc) is 3.28. The number of aromatic nitrogens is 1. The van der Waals surface area contributed by atoms with Gasteiger partial charge in [-0.15, -0.1) is 6.58 Å². The van der Waals surface area contributed by atoms with Crippen molar-refractivity contribution in [2.75, 3.05) is 11.4 Å². The number of pyridine rings is 1. The number of hydrogen-bond donors (Lipinski definition) is 1. The number of nitrogens with zero attached hydrogens (tertiary/aromatic N) is 2. The molecule has 0 unspecified atom stereocenters. The summed E-state index contributed by atoms with van der Waals surface area (Å²) in [5, 5.41) is 1.16. The maximum atomic E-state index is 5.88. The second kappa shape index (κ2) is 5.02. The van der Waals surface area contributed by atoms with Gasteiger partial charge in [0.2, 0.25) is 0 Å². The summed E-state index contributed by atoms with van der Waals surface area (Å²) in [6, 6.07) is 10.9. The van der Waals surface area contributed by atoms with E-state index < -0.39 is 0 Å². The lowest BCUT2D eigenvalue weighted by Gasteiger charge is -2.23. The van der Waals surface area contributed by atoms with Gasteiger partial charge in [-0.25, -0.2) is 4.98 Å². The Labute approximate surface area is 113 Å². The summed E-state index contributed by atoms with van der Waals surface area (Å²) >= 11 is 0. The molecular weight excluding hydrogens is 234 g/mol. The van der Waals surface area contributed by atoms with E-state index in [9.17, 15) is 0 Å². The number of para-hydroxylation sites is 1. The maximum Gasteiger partial charge on any atom is 0.130 e. The molecule has 1 aliphatic carbocycles. The molecule has 3 nitrogen and oxygen atoms in total. The first-order chi connectivity index (χ1) is 9.33. The molecule has 0 radical (unpaired) electrons. The fourth-order valence-electron chi connectivity index (χ4n) is 2.50. The van der Waals surface area contributed by atoms with Crippen molar-refractivity contribution in [3.63, 3.8) is 0 Å². The quantitative estimate of drug-likeness (QED) is 0.833. The van der Waals surface area contributed by atoms with Crippen LogP contribution in [0.5, 0.6) is 0 Å². The highest BCUT2D eigenvalue weighted by Crippen LogP contribution is 2.32. The molecule has 19 heavy (non-hydrogen) atoms. The third-order valence-electron chi connectivity index (χ3n) is 3.62. The van der Waals surface area contributed by atoms with Crippen LogP contribution in [-0.2, 0) is 6.54 Å². The van der Waals surface area contributed by atoms with Crippen molar-refractivity contribution in [2.45, 2.75) is 25.4 Å². The first-order valence-electron chi connectivity index (χ1n) is 6.79. The Kier molecular flexibility index (Phi) is 3.22. The van der Waals surface area contributed by atoms with E-state index >= 15 is 0 Å². The van der Waals surface area contributed by atoms with Crippen molar-refractivity contribution in [1.82, 2.24) is 4.98 Å². The summed E-state index contributed by atoms with van der Waals surface area (Å²) in [6.07, 6.45) is 4.44. The molecule has 1 saturated carbocycles. The second-order valence-corrected chi connectivity index (χ2v) is 5.03. The molecule has 1 fully saturated rings. The Hall–Kier alpha value is -1.87. The van der Waals surface area contributed by atoms with Crippen LogP contribution in [0.3, 0.4) is 0 Å². The third-order valence-corrected chi connectivity index (χ3v) is 3.62. The van der Waals surface area contributed by atoms with Crippen molar-refractivity contribution >= 4 is 16.7 Å². The van der Waals surface area contributed by atoms with Gasteiger partial charge in [0.05, 0.1) is 5.52 Å². The fraction of sp³-hybridized carbons (Fsp3) is 0.312. The van der Waals surface area contributed by atoms with Gasteiger partial charge < -0.3 is 10.6 Å². The van der Waals surface area contributed by atoms with Crippen molar-refractivity contribution in [1.29, 1.82) is 0 Å². The molecule has 0 saturated heterocycles. The second-order valence-electron chi connectivity index (χ2n) is 5.03. The summed E-state index contributed by atoms with van der Waals surface area (Å²) in [5.74, 6) is 1.03. The zero-order chi connectivity index (χ0) is 13.2. The van der Waals surface area contributed by atoms with Gasteiger partial charge >= 0.3 is 0 Å². The molecular formula is C16H19N3. The molecule has 0 bridgehead atoms. The molecule has 3 heteroatoms. The van der Waals surface area contributed by atoms with E-state index in [0.29, 0.717) is 12.6 Å². The minimum atomic E-state index is 0.544. The first-order valence-corrected chi connectivity index (χ1v) is 6.79. The van der Waals surface area contributed by atoms with Crippen molar-refractivity contribution in [2.24, 2.45) is 5.73 Å². The van der Waals surface area contributed by atoms with Gasteiger partial charge in [-0.05, 0) is 30.5 Å². The van der Waals surface area contributed by atoms with Gasteiger partial charge in [-0.1, -0.05) is 24.3 Å². The van der Waals surface area contributed by atoms with E-state index in [1.165, 1.54) is 12.8 Å². The van der Waals surface area contributed by atoms with Crippen LogP contribution in [-0.4, -0.2) is 17.6 Å². The van der Waals surface area contributed by atoms with Crippen molar-refractivity contribution < 1.29 is 0 Å². The molecule has 98 valence electrons. The minimum Gasteiger partial charge on any atom is -0.350 e. The Morgan fingerprint density at radius 3 is 2.84 bits per heavy atom. The molecule has 2 N–H and O–H groups in total. The predicted octanol–water partition coefficient (Wildman–Crippen LogP) is 2.85. The van der Waals surface area contributed by atoms with Gasteiger partial charge in [0.15, 0.2) is 0 Å². The van der Waals surface area contributed by atoms with Gasteiger partial charge in [0.1, 0.15) is 5.82 Å². The smallest absolute Gasteiger partial charge is 0.130 e. The highest BCUT2D eigenvalue weighted by Gasteiger charge is 2.29. The lowest BCUT2D eigenvalue weighted by Crippen LogP contribution is -2.26. The molecule has 0 spiro atoms. The van der Waals surface area contributed by atoms with Crippen molar-refractivity contribution in [3.05, 3.63) is 48.6 Å². The van der Waals surface area contributed by atoms with Crippen LogP contribution in [0.15, 0.2) is 43.0 Å². The molecule has 1 aromatic carbocycles. The highest BCUT2D eigenvalue weighted by atomic mass is 15.2. The van der Waals surface area contributed by atoms with E-state index in [-0.39, 0.29) is 0 Å². The number of rotatable bonds is 5. The van der Waals surface area contributed by atoms with E-state index in [2.05, 4.69) is 29.7 Å². The Balaban J connectivity index is 2.09. The number of nitrogens with two attached hydrogens (primary N) is 1. The largest absolute Gasteiger partial charge is 0.350 e. The summed E-state index contributed by atoms with van der Waals surface area (Å²) < 4.78 is 0. The maximum absolute atomic E-state index is 5.88. The van der Waals surface area contributed by atoms with E-state index in [1.807, 2.05) is 18.2 Å². The standard InChI is InChI=1S/C16H19N3/c1-2-9-19(13-7-8-13)16-10-12(11-17)14-5-3-4-6-15(14)18-16/h2-6,10,13H,1,7-9,11,17H2. The molecule has 0 amide bonds. The first kappa shape index (κ1) is 12.2. The lowest BCUT2D eigenvalue weighted by atomic mass is 10.1. The van der Waals surface area contributed by atoms with Crippen LogP contribution >= 0.6 is 0 Å². The van der Waals surface area contributed by atoms with Gasteiger partial charge in [-0.2, -0.15) is 0 Å². The van der Waals surface area contributed by atoms with Crippen molar-refractivity contribution in [3.8, 4) is 0 Å². The van der Waals surface area contributed by atoms with Gasteiger partial charge in [-0.3, -0.25) is 0 Å². The van der Waals surface area contributed by atoms with Gasteiger partial charge in [0.25, 0.3) is 0 Å². The molecule has 1 aromatic heterocycles. The lowest BCUT2D eigenvalue weighted by molar-refractivity contribution is 0.842. The summed E-state index contributed by atoms with van der Waals surface area (Å²) in [4.78, 5) is 7.12. The van der Waals surface area contributed by atoms with Crippen LogP contribution in [0.2, 0.25) is 0 Å². The summed E-state index contributed by atoms with van der Waals surface area (Å²) in [6.45, 7) is 5.24. The van der Waals surface area contributed by atoms with E-state index in [1.54, 1.807) is 0 Å². The number of fused-ring (bicyclic) bond motifs is 1. The summed E-state index contributed by atoms with van der Waals surface area (Å²) in [5.41, 5.74) is 8.07. The average molecular weight is 253 g/mol. The Morgan fingerprint density at radius 1 is 1.37 bits per heavy atom. The number of anilines is 1. The highest BCUT2D eigenvalue weighted by molar-refractivity contribution is 5.84. The van der Waals surface area contributed by atoms with Gasteiger partial charge in [0, 0.05) is 24.5 Å². The molecule has 0 atom stereocenters. The topological polar surface area (TPSA) is 42.1 Å². The molecule has 2 aromatic rings. The van der Waals surface area contributed by atoms with Crippen LogP contribution in [0.1, 0.15) is 18.4 Å². The molecule has 0 aliphatic heterocycles. The zero-order valence-electron chi connectivity index (χ0n) is 11.0. The number of hydrogen-bond acceptors (Lipinski definition) is 3. The van der Waals surface area contributed by atoms with Crippen LogP contribution < -0.4 is 10.6 Å². The molecule has 1 heterocycles. The van der Waals surface area contributed by atoms with E-state index in [0.717, 1.165) is 28.8 Å². The van der Waals surface area contributed by atoms with E-state index in [4.69, 9.17) is 10.7 Å². The monoisotopic (exact) mass is 253 g/mol. The van der Waals surface area contributed by atoms with Crippen LogP contribution in [0.4, 0.5) is 5.82 Å². The Bertz CT molecular complexity index is 602. The Morgan fingerprint density at radius 2 is 2.16 bits per heavy atom. The normalized spacial score (nSPS) is 14.6. The number of benzene rings is 1. The summed E-state index contributed by atoms with van der Waals surface area (Å²) in [7, 11) is 0. The van der Waals surface area contributed by atoms with Crippen LogP contribution in [0.25, 0.3) is 10.9 Å². The predicted molar refractivity (Wildman–Crippen MR) is 80.2 cm³/mol. The third kappa shape index (κ3) is 2.34.